The third-order valence-corrected chi connectivity index (χ3v) is 5.84. The summed E-state index contributed by atoms with van der Waals surface area (Å²) in [5.74, 6) is -0.0133. The Balaban J connectivity index is 1.90. The van der Waals surface area contributed by atoms with Gasteiger partial charge in [0.25, 0.3) is 5.91 Å². The monoisotopic (exact) mass is 344 g/mol. The van der Waals surface area contributed by atoms with Crippen LogP contribution < -0.4 is 4.72 Å². The minimum atomic E-state index is -3.48. The summed E-state index contributed by atoms with van der Waals surface area (Å²) in [5.41, 5.74) is 3.62. The molecule has 0 spiro atoms. The highest BCUT2D eigenvalue weighted by molar-refractivity contribution is 7.89. The van der Waals surface area contributed by atoms with Gasteiger partial charge in [0, 0.05) is 18.7 Å². The second kappa shape index (κ2) is 6.37. The molecule has 0 radical (unpaired) electrons. The van der Waals surface area contributed by atoms with Gasteiger partial charge in [-0.25, -0.2) is 13.1 Å². The summed E-state index contributed by atoms with van der Waals surface area (Å²) in [5, 5.41) is 0. The molecule has 2 aromatic rings. The standard InChI is InChI=1S/C18H20N2O3S/c1-13-5-3-4-6-17(13)18(21)20-10-9-14-7-8-16(11-15(14)12-20)24(22,23)19-2/h3-8,11,19H,9-10,12H2,1-2H3. The Labute approximate surface area is 142 Å². The number of aryl methyl sites for hydroxylation is 1. The zero-order chi connectivity index (χ0) is 17.3. The maximum Gasteiger partial charge on any atom is 0.254 e. The van der Waals surface area contributed by atoms with E-state index in [4.69, 9.17) is 0 Å². The van der Waals surface area contributed by atoms with E-state index in [0.717, 1.165) is 23.1 Å². The third kappa shape index (κ3) is 3.07. The first-order valence-corrected chi connectivity index (χ1v) is 9.31. The van der Waals surface area contributed by atoms with E-state index in [1.807, 2.05) is 37.3 Å². The van der Waals surface area contributed by atoms with Crippen LogP contribution in [0.5, 0.6) is 0 Å². The molecule has 2 aromatic carbocycles. The van der Waals surface area contributed by atoms with E-state index in [9.17, 15) is 13.2 Å². The summed E-state index contributed by atoms with van der Waals surface area (Å²) in [7, 11) is -2.09. The molecule has 1 aliphatic heterocycles. The quantitative estimate of drug-likeness (QED) is 0.927. The summed E-state index contributed by atoms with van der Waals surface area (Å²) in [6, 6.07) is 12.6. The van der Waals surface area contributed by atoms with Crippen molar-refractivity contribution < 1.29 is 13.2 Å². The van der Waals surface area contributed by atoms with E-state index in [1.165, 1.54) is 7.05 Å². The molecule has 5 nitrogen and oxygen atoms in total. The van der Waals surface area contributed by atoms with Crippen molar-refractivity contribution in [1.82, 2.24) is 9.62 Å². The Morgan fingerprint density at radius 2 is 1.88 bits per heavy atom. The topological polar surface area (TPSA) is 66.5 Å². The van der Waals surface area contributed by atoms with Crippen molar-refractivity contribution in [3.05, 3.63) is 64.7 Å². The van der Waals surface area contributed by atoms with Crippen molar-refractivity contribution in [1.29, 1.82) is 0 Å². The van der Waals surface area contributed by atoms with Gasteiger partial charge in [-0.1, -0.05) is 24.3 Å². The van der Waals surface area contributed by atoms with E-state index in [1.54, 1.807) is 17.0 Å². The highest BCUT2D eigenvalue weighted by atomic mass is 32.2. The molecule has 1 aliphatic rings. The zero-order valence-electron chi connectivity index (χ0n) is 13.7. The Hall–Kier alpha value is -2.18. The second-order valence-electron chi connectivity index (χ2n) is 5.93. The molecule has 0 unspecified atom stereocenters. The van der Waals surface area contributed by atoms with Crippen LogP contribution in [-0.2, 0) is 23.0 Å². The fourth-order valence-corrected chi connectivity index (χ4v) is 3.76. The molecule has 3 rings (SSSR count). The van der Waals surface area contributed by atoms with E-state index >= 15 is 0 Å². The molecule has 0 saturated carbocycles. The highest BCUT2D eigenvalue weighted by Crippen LogP contribution is 2.24. The molecule has 0 atom stereocenters. The van der Waals surface area contributed by atoms with Gasteiger partial charge in [0.1, 0.15) is 0 Å². The van der Waals surface area contributed by atoms with Crippen LogP contribution in [0.4, 0.5) is 0 Å². The number of carbonyl (C=O) groups is 1. The number of amides is 1. The van der Waals surface area contributed by atoms with Crippen LogP contribution in [0.3, 0.4) is 0 Å². The summed E-state index contributed by atoms with van der Waals surface area (Å²) < 4.78 is 26.3. The van der Waals surface area contributed by atoms with Crippen molar-refractivity contribution in [2.45, 2.75) is 24.8 Å². The van der Waals surface area contributed by atoms with Gasteiger partial charge in [-0.05, 0) is 55.3 Å². The number of benzene rings is 2. The molecule has 1 heterocycles. The summed E-state index contributed by atoms with van der Waals surface area (Å²) in [6.45, 7) is 2.98. The fourth-order valence-electron chi connectivity index (χ4n) is 2.98. The van der Waals surface area contributed by atoms with Crippen molar-refractivity contribution >= 4 is 15.9 Å². The van der Waals surface area contributed by atoms with Crippen LogP contribution in [0.25, 0.3) is 0 Å². The smallest absolute Gasteiger partial charge is 0.254 e. The van der Waals surface area contributed by atoms with Gasteiger partial charge in [0.05, 0.1) is 4.90 Å². The molecule has 24 heavy (non-hydrogen) atoms. The van der Waals surface area contributed by atoms with Gasteiger partial charge < -0.3 is 4.90 Å². The molecule has 1 amide bonds. The lowest BCUT2D eigenvalue weighted by Crippen LogP contribution is -2.36. The Morgan fingerprint density at radius 3 is 2.58 bits per heavy atom. The lowest BCUT2D eigenvalue weighted by Gasteiger charge is -2.29. The molecule has 6 heteroatoms. The average molecular weight is 344 g/mol. The van der Waals surface area contributed by atoms with Crippen molar-refractivity contribution in [2.24, 2.45) is 0 Å². The summed E-state index contributed by atoms with van der Waals surface area (Å²) in [4.78, 5) is 14.8. The van der Waals surface area contributed by atoms with Gasteiger partial charge in [-0.2, -0.15) is 0 Å². The van der Waals surface area contributed by atoms with Crippen molar-refractivity contribution in [3.8, 4) is 0 Å². The number of rotatable bonds is 3. The number of nitrogens with zero attached hydrogens (tertiary/aromatic N) is 1. The van der Waals surface area contributed by atoms with Gasteiger partial charge in [-0.15, -0.1) is 0 Å². The van der Waals surface area contributed by atoms with Crippen molar-refractivity contribution in [3.63, 3.8) is 0 Å². The first kappa shape index (κ1) is 16.7. The SMILES string of the molecule is CNS(=O)(=O)c1ccc2c(c1)CN(C(=O)c1ccccc1C)CC2. The molecule has 1 N–H and O–H groups in total. The normalized spacial score (nSPS) is 14.3. The fraction of sp³-hybridized carbons (Fsp3) is 0.278. The number of fused-ring (bicyclic) bond motifs is 1. The van der Waals surface area contributed by atoms with Crippen LogP contribution in [0.2, 0.25) is 0 Å². The van der Waals surface area contributed by atoms with E-state index in [-0.39, 0.29) is 10.8 Å². The Morgan fingerprint density at radius 1 is 1.12 bits per heavy atom. The van der Waals surface area contributed by atoms with Crippen molar-refractivity contribution in [2.75, 3.05) is 13.6 Å². The predicted octanol–water partition coefficient (Wildman–Crippen LogP) is 2.10. The van der Waals surface area contributed by atoms with Gasteiger partial charge in [0.2, 0.25) is 10.0 Å². The number of nitrogens with one attached hydrogen (secondary N) is 1. The molecule has 0 fully saturated rings. The van der Waals surface area contributed by atoms with Gasteiger partial charge in [0.15, 0.2) is 0 Å². The third-order valence-electron chi connectivity index (χ3n) is 4.43. The second-order valence-corrected chi connectivity index (χ2v) is 7.82. The lowest BCUT2D eigenvalue weighted by molar-refractivity contribution is 0.0734. The zero-order valence-corrected chi connectivity index (χ0v) is 14.6. The molecule has 0 aromatic heterocycles. The first-order valence-electron chi connectivity index (χ1n) is 7.82. The molecule has 0 bridgehead atoms. The lowest BCUT2D eigenvalue weighted by atomic mass is 9.98. The first-order chi connectivity index (χ1) is 11.4. The van der Waals surface area contributed by atoms with Crippen LogP contribution >= 0.6 is 0 Å². The highest BCUT2D eigenvalue weighted by Gasteiger charge is 2.24. The maximum atomic E-state index is 12.8. The van der Waals surface area contributed by atoms with E-state index < -0.39 is 10.0 Å². The van der Waals surface area contributed by atoms with E-state index in [0.29, 0.717) is 18.7 Å². The number of carbonyl (C=O) groups excluding carboxylic acids is 1. The molecule has 0 aliphatic carbocycles. The van der Waals surface area contributed by atoms with Gasteiger partial charge in [-0.3, -0.25) is 4.79 Å². The minimum Gasteiger partial charge on any atom is -0.334 e. The molecular weight excluding hydrogens is 324 g/mol. The van der Waals surface area contributed by atoms with Crippen LogP contribution in [-0.4, -0.2) is 32.8 Å². The summed E-state index contributed by atoms with van der Waals surface area (Å²) in [6.07, 6.45) is 0.729. The minimum absolute atomic E-state index is 0.0133. The Kier molecular flexibility index (Phi) is 4.43. The van der Waals surface area contributed by atoms with Crippen LogP contribution in [0.1, 0.15) is 27.0 Å². The molecule has 126 valence electrons. The van der Waals surface area contributed by atoms with Crippen LogP contribution in [0, 0.1) is 6.92 Å². The largest absolute Gasteiger partial charge is 0.334 e. The van der Waals surface area contributed by atoms with E-state index in [2.05, 4.69) is 4.72 Å². The number of sulfonamides is 1. The average Bonchev–Trinajstić information content (AvgIpc) is 2.60. The maximum absolute atomic E-state index is 12.8. The predicted molar refractivity (Wildman–Crippen MR) is 92.3 cm³/mol. The number of hydrogen-bond donors (Lipinski definition) is 1. The molecule has 0 saturated heterocycles. The number of hydrogen-bond acceptors (Lipinski definition) is 3. The summed E-state index contributed by atoms with van der Waals surface area (Å²) >= 11 is 0. The molecular formula is C18H20N2O3S. The Bertz CT molecular complexity index is 891. The van der Waals surface area contributed by atoms with Gasteiger partial charge >= 0.3 is 0 Å². The van der Waals surface area contributed by atoms with Crippen LogP contribution in [0.15, 0.2) is 47.4 Å².